The fourth-order valence-electron chi connectivity index (χ4n) is 9.26. The van der Waals surface area contributed by atoms with E-state index in [1.165, 1.54) is 94.7 Å². The molecule has 6 aromatic carbocycles. The maximum Gasteiger partial charge on any atom is 0.0462 e. The van der Waals surface area contributed by atoms with E-state index >= 15 is 0 Å². The molecule has 0 fully saturated rings. The van der Waals surface area contributed by atoms with Crippen molar-refractivity contribution in [1.82, 2.24) is 0 Å². The van der Waals surface area contributed by atoms with Crippen LogP contribution in [0.1, 0.15) is 41.8 Å². The molecule has 0 amide bonds. The van der Waals surface area contributed by atoms with Crippen molar-refractivity contribution in [1.29, 1.82) is 0 Å². The largest absolute Gasteiger partial charge is 0.311 e. The monoisotopic (exact) mass is 928 g/mol. The molecule has 0 saturated carbocycles. The zero-order valence-corrected chi connectivity index (χ0v) is 42.0. The predicted molar refractivity (Wildman–Crippen MR) is 292 cm³/mol. The molecule has 0 radical (unpaired) electrons. The minimum absolute atomic E-state index is 1.11. The summed E-state index contributed by atoms with van der Waals surface area (Å²) in [6, 6.07) is 63.4. The molecule has 0 aliphatic rings. The van der Waals surface area contributed by atoms with Crippen molar-refractivity contribution in [3.8, 4) is 52.9 Å². The van der Waals surface area contributed by atoms with E-state index in [1.807, 2.05) is 45.3 Å². The highest BCUT2D eigenvalue weighted by Crippen LogP contribution is 2.43. The van der Waals surface area contributed by atoms with Crippen molar-refractivity contribution in [3.05, 3.63) is 212 Å². The Morgan fingerprint density at radius 3 is 0.545 bits per heavy atom. The minimum Gasteiger partial charge on any atom is -0.311 e. The number of hydrogen-bond donors (Lipinski definition) is 0. The molecule has 0 spiro atoms. The lowest BCUT2D eigenvalue weighted by molar-refractivity contribution is 1.28. The Labute approximate surface area is 406 Å². The molecule has 0 bridgehead atoms. The molecule has 10 rings (SSSR count). The molecule has 0 N–H and O–H groups in total. The normalized spacial score (nSPS) is 11.3. The van der Waals surface area contributed by atoms with E-state index in [1.54, 1.807) is 0 Å². The average Bonchev–Trinajstić information content (AvgIpc) is 4.07. The van der Waals surface area contributed by atoms with Gasteiger partial charge in [0.25, 0.3) is 0 Å². The van der Waals surface area contributed by atoms with Crippen LogP contribution in [0, 0.1) is 55.4 Å². The second kappa shape index (κ2) is 18.2. The summed E-state index contributed by atoms with van der Waals surface area (Å²) in [6.07, 6.45) is 0. The zero-order valence-electron chi connectivity index (χ0n) is 38.7. The molecule has 4 aromatic heterocycles. The van der Waals surface area contributed by atoms with Crippen LogP contribution < -0.4 is 9.80 Å². The Hall–Kier alpha value is -6.28. The average molecular weight is 929 g/mol. The first-order chi connectivity index (χ1) is 31.9. The van der Waals surface area contributed by atoms with E-state index < -0.39 is 0 Å². The lowest BCUT2D eigenvalue weighted by Gasteiger charge is -2.27. The Kier molecular flexibility index (Phi) is 12.0. The molecule has 2 nitrogen and oxygen atoms in total. The van der Waals surface area contributed by atoms with Crippen LogP contribution in [0.2, 0.25) is 0 Å². The smallest absolute Gasteiger partial charge is 0.0462 e. The molecule has 0 aliphatic heterocycles. The van der Waals surface area contributed by atoms with Gasteiger partial charge in [0.2, 0.25) is 0 Å². The van der Waals surface area contributed by atoms with Crippen LogP contribution in [-0.2, 0) is 0 Å². The van der Waals surface area contributed by atoms with Gasteiger partial charge >= 0.3 is 0 Å². The predicted octanol–water partition coefficient (Wildman–Crippen LogP) is 19.7. The minimum atomic E-state index is 1.11. The molecule has 4 heterocycles. The summed E-state index contributed by atoms with van der Waals surface area (Å²) in [7, 11) is 0. The second-order valence-electron chi connectivity index (χ2n) is 17.4. The van der Waals surface area contributed by atoms with E-state index in [2.05, 4.69) is 235 Å². The summed E-state index contributed by atoms with van der Waals surface area (Å²) in [5.41, 5.74) is 19.4. The maximum atomic E-state index is 2.37. The summed E-state index contributed by atoms with van der Waals surface area (Å²) in [4.78, 5) is 15.4. The van der Waals surface area contributed by atoms with Gasteiger partial charge in [-0.25, -0.2) is 0 Å². The third-order valence-electron chi connectivity index (χ3n) is 12.3. The van der Waals surface area contributed by atoms with E-state index in [4.69, 9.17) is 0 Å². The number of rotatable bonds is 11. The Morgan fingerprint density at radius 2 is 0.394 bits per heavy atom. The quantitative estimate of drug-likeness (QED) is 0.128. The third-order valence-corrected chi connectivity index (χ3v) is 17.1. The van der Waals surface area contributed by atoms with Gasteiger partial charge in [0.15, 0.2) is 0 Å². The van der Waals surface area contributed by atoms with Gasteiger partial charge in [0.05, 0.1) is 0 Å². The van der Waals surface area contributed by atoms with Gasteiger partial charge in [-0.2, -0.15) is 0 Å². The number of anilines is 6. The highest BCUT2D eigenvalue weighted by Gasteiger charge is 2.18. The van der Waals surface area contributed by atoms with Crippen LogP contribution >= 0.6 is 45.3 Å². The van der Waals surface area contributed by atoms with Gasteiger partial charge < -0.3 is 9.80 Å². The van der Waals surface area contributed by atoms with Gasteiger partial charge in [-0.1, -0.05) is 72.8 Å². The molecular formula is C60H52N2S4. The van der Waals surface area contributed by atoms with Crippen molar-refractivity contribution in [2.24, 2.45) is 0 Å². The van der Waals surface area contributed by atoms with E-state index in [9.17, 15) is 0 Å². The summed E-state index contributed by atoms with van der Waals surface area (Å²) >= 11 is 7.45. The van der Waals surface area contributed by atoms with Crippen LogP contribution in [-0.4, -0.2) is 0 Å². The second-order valence-corrected chi connectivity index (χ2v) is 22.5. The van der Waals surface area contributed by atoms with Crippen LogP contribution in [0.15, 0.2) is 170 Å². The summed E-state index contributed by atoms with van der Waals surface area (Å²) in [5, 5.41) is 0. The maximum absolute atomic E-state index is 2.37. The lowest BCUT2D eigenvalue weighted by Crippen LogP contribution is -2.10. The first kappa shape index (κ1) is 43.6. The first-order valence-electron chi connectivity index (χ1n) is 22.5. The van der Waals surface area contributed by atoms with E-state index in [0.29, 0.717) is 0 Å². The van der Waals surface area contributed by atoms with Crippen molar-refractivity contribution in [3.63, 3.8) is 0 Å². The summed E-state index contributed by atoms with van der Waals surface area (Å²) < 4.78 is 0. The number of nitrogens with zero attached hydrogens (tertiary/aromatic N) is 2. The van der Waals surface area contributed by atoms with Crippen LogP contribution in [0.3, 0.4) is 0 Å². The fraction of sp³-hybridized carbons (Fsp3) is 0.133. The third kappa shape index (κ3) is 8.75. The van der Waals surface area contributed by atoms with E-state index in [-0.39, 0.29) is 0 Å². The highest BCUT2D eigenvalue weighted by atomic mass is 32.1. The Morgan fingerprint density at radius 1 is 0.227 bits per heavy atom. The SMILES string of the molecule is Cc1cc(C)c(-c2ccc(N(c3ccc(-c4ccc(N(c5ccc(-c6sc(C)cc6C)cc5)c5ccc(-c6sc(C)cc6C)cc5)cc4)cc3)c3ccc(-c4sc(C)cc4C)cc3)cc2)s1. The lowest BCUT2D eigenvalue weighted by atomic mass is 10.0. The number of benzene rings is 6. The van der Waals surface area contributed by atoms with Gasteiger partial charge in [-0.05, 0) is 208 Å². The van der Waals surface area contributed by atoms with Gasteiger partial charge in [0.1, 0.15) is 0 Å². The highest BCUT2D eigenvalue weighted by molar-refractivity contribution is 7.16. The fourth-order valence-corrected chi connectivity index (χ4v) is 13.4. The first-order valence-corrected chi connectivity index (χ1v) is 25.7. The van der Waals surface area contributed by atoms with Crippen LogP contribution in [0.5, 0.6) is 0 Å². The van der Waals surface area contributed by atoms with Crippen LogP contribution in [0.25, 0.3) is 52.9 Å². The standard InChI is InChI=1S/C60H52N2S4/c1-37-33-41(5)63-57(37)47-13-25-53(26-14-47)61(54-27-15-48(16-28-54)58-38(2)34-42(6)64-58)51-21-9-45(10-22-51)46-11-23-52(24-12-46)62(55-29-17-49(18-30-55)59-39(3)35-43(7)65-59)56-31-19-50(20-32-56)60-40(4)36-44(8)66-60/h9-36H,1-8H3. The Balaban J connectivity index is 0.970. The van der Waals surface area contributed by atoms with Crippen LogP contribution in [0.4, 0.5) is 34.1 Å². The van der Waals surface area contributed by atoms with Crippen molar-refractivity contribution < 1.29 is 0 Å². The molecule has 0 saturated heterocycles. The van der Waals surface area contributed by atoms with E-state index in [0.717, 1.165) is 34.1 Å². The van der Waals surface area contributed by atoms with Gasteiger partial charge in [0, 0.05) is 73.1 Å². The zero-order chi connectivity index (χ0) is 45.6. The molecule has 326 valence electrons. The van der Waals surface area contributed by atoms with Gasteiger partial charge in [-0.3, -0.25) is 0 Å². The summed E-state index contributed by atoms with van der Waals surface area (Å²) in [6.45, 7) is 17.6. The number of hydrogen-bond acceptors (Lipinski definition) is 6. The molecule has 0 atom stereocenters. The molecule has 10 aromatic rings. The number of thiophene rings is 4. The van der Waals surface area contributed by atoms with Crippen molar-refractivity contribution >= 4 is 79.5 Å². The molecule has 66 heavy (non-hydrogen) atoms. The molecular weight excluding hydrogens is 877 g/mol. The topological polar surface area (TPSA) is 6.48 Å². The van der Waals surface area contributed by atoms with Gasteiger partial charge in [-0.15, -0.1) is 45.3 Å². The Bertz CT molecular complexity index is 2880. The molecule has 6 heteroatoms. The number of aryl methyl sites for hydroxylation is 8. The molecule has 0 unspecified atom stereocenters. The molecule has 0 aliphatic carbocycles. The summed E-state index contributed by atoms with van der Waals surface area (Å²) in [5.74, 6) is 0. The van der Waals surface area contributed by atoms with Crippen molar-refractivity contribution in [2.45, 2.75) is 55.4 Å². The van der Waals surface area contributed by atoms with Crippen molar-refractivity contribution in [2.75, 3.05) is 9.80 Å².